The molecule has 10 heterocycles. The van der Waals surface area contributed by atoms with Crippen LogP contribution in [0.1, 0.15) is 13.3 Å². The van der Waals surface area contributed by atoms with Gasteiger partial charge in [-0.3, -0.25) is 0 Å². The molecule has 0 aliphatic carbocycles. The third-order valence-electron chi connectivity index (χ3n) is 15.1. The van der Waals surface area contributed by atoms with Gasteiger partial charge in [0.05, 0.1) is 0 Å². The first-order chi connectivity index (χ1) is 7.11. The van der Waals surface area contributed by atoms with Crippen LogP contribution < -0.4 is 0 Å². The predicted octanol–water partition coefficient (Wildman–Crippen LogP) is 3.71. The topological polar surface area (TPSA) is 9.23 Å². The molecule has 2 heteroatoms. The van der Waals surface area contributed by atoms with Gasteiger partial charge >= 0.3 is 77.2 Å². The molecule has 10 aliphatic rings. The van der Waals surface area contributed by atoms with Gasteiger partial charge in [-0.2, -0.15) is 0 Å². The molecule has 0 aromatic heterocycles. The number of hydrogen-bond donors (Lipinski definition) is 0. The van der Waals surface area contributed by atoms with Crippen LogP contribution in [0.2, 0.25) is 40.6 Å². The Morgan fingerprint density at radius 3 is 1.73 bits per heavy atom. The van der Waals surface area contributed by atoms with E-state index in [0.29, 0.717) is 0 Å². The van der Waals surface area contributed by atoms with Gasteiger partial charge in [-0.1, -0.05) is 0 Å². The van der Waals surface area contributed by atoms with Gasteiger partial charge < -0.3 is 0 Å². The van der Waals surface area contributed by atoms with Crippen LogP contribution in [0.5, 0.6) is 0 Å². The number of hydrogen-bond acceptors (Lipinski definition) is 1. The molecular weight excluding hydrogens is 273 g/mol. The zero-order valence-corrected chi connectivity index (χ0v) is 10.6. The maximum atomic E-state index is 6.67. The molecule has 1 spiro atoms. The average molecular weight is 289 g/mol. The van der Waals surface area contributed by atoms with Gasteiger partial charge in [-0.05, 0) is 0 Å². The Morgan fingerprint density at radius 2 is 1.47 bits per heavy atom. The predicted molar refractivity (Wildman–Crippen MR) is 52.7 cm³/mol. The molecule has 4 unspecified atom stereocenters. The van der Waals surface area contributed by atoms with E-state index in [4.69, 9.17) is 4.74 Å². The fourth-order valence-electron chi connectivity index (χ4n) is 16.6. The van der Waals surface area contributed by atoms with E-state index in [0.717, 1.165) is 10.8 Å². The van der Waals surface area contributed by atoms with Gasteiger partial charge in [0.2, 0.25) is 0 Å². The summed E-state index contributed by atoms with van der Waals surface area (Å²) in [6.07, 6.45) is 1.27. The van der Waals surface area contributed by atoms with Crippen LogP contribution in [0, 0.1) is 0 Å². The van der Waals surface area contributed by atoms with Crippen molar-refractivity contribution in [3.8, 4) is 0 Å². The van der Waals surface area contributed by atoms with E-state index in [9.17, 15) is 0 Å². The first-order valence-corrected chi connectivity index (χ1v) is 16.9. The SMILES string of the molecule is CCCO[C]12[CH]3[CH]4[CH]5[CH]1[Ru]45321678[CH]2[CH]1[CH]6[CH]7[CH]28. The van der Waals surface area contributed by atoms with Crippen molar-refractivity contribution >= 4 is 0 Å². The van der Waals surface area contributed by atoms with Gasteiger partial charge in [0, 0.05) is 0 Å². The summed E-state index contributed by atoms with van der Waals surface area (Å²) in [7, 11) is -3.06. The first-order valence-electron chi connectivity index (χ1n) is 6.96. The molecule has 0 saturated carbocycles. The van der Waals surface area contributed by atoms with Crippen molar-refractivity contribution in [2.75, 3.05) is 6.61 Å². The molecule has 10 aliphatic heterocycles. The fourth-order valence-corrected chi connectivity index (χ4v) is 147. The van der Waals surface area contributed by atoms with E-state index in [2.05, 4.69) is 6.92 Å². The van der Waals surface area contributed by atoms with E-state index in [-0.39, 0.29) is 0 Å². The second-order valence-corrected chi connectivity index (χ2v) is 47.5. The summed E-state index contributed by atoms with van der Waals surface area (Å²) >= 11 is 0. The first kappa shape index (κ1) is 5.48. The molecule has 0 radical (unpaired) electrons. The summed E-state index contributed by atoms with van der Waals surface area (Å²) in [6, 6.07) is 0. The Morgan fingerprint density at radius 1 is 0.933 bits per heavy atom. The molecule has 15 heavy (non-hydrogen) atoms. The molecule has 4 atom stereocenters. The minimum atomic E-state index is -3.06. The maximum absolute atomic E-state index is 6.67. The Hall–Kier alpha value is 0.583. The van der Waals surface area contributed by atoms with Gasteiger partial charge in [0.25, 0.3) is 0 Å². The van der Waals surface area contributed by atoms with Crippen molar-refractivity contribution in [3.63, 3.8) is 0 Å². The van der Waals surface area contributed by atoms with E-state index in [1.807, 2.05) is 0 Å². The van der Waals surface area contributed by atoms with Crippen LogP contribution in [-0.2, 0) is 12.5 Å². The molecule has 0 N–H and O–H groups in total. The van der Waals surface area contributed by atoms with E-state index >= 15 is 0 Å². The van der Waals surface area contributed by atoms with E-state index in [1.54, 1.807) is 0 Å². The Bertz CT molecular complexity index is 802. The molecule has 0 aromatic carbocycles. The molecule has 0 amide bonds. The van der Waals surface area contributed by atoms with Crippen LogP contribution >= 0.6 is 0 Å². The Labute approximate surface area is 77.3 Å². The number of rotatable bonds is 3. The van der Waals surface area contributed by atoms with Crippen molar-refractivity contribution in [1.29, 1.82) is 0 Å². The van der Waals surface area contributed by atoms with Crippen molar-refractivity contribution in [2.45, 2.75) is 58.2 Å². The molecule has 1 nitrogen and oxygen atoms in total. The number of fused-ring (bicyclic) bond motifs is 10. The number of ether oxygens (including phenoxy) is 1. The molecule has 10 fully saturated rings. The third kappa shape index (κ3) is 0.0483. The van der Waals surface area contributed by atoms with Gasteiger partial charge in [0.15, 0.2) is 0 Å². The zero-order valence-electron chi connectivity index (χ0n) is 8.87. The molecule has 10 saturated heterocycles. The minimum absolute atomic E-state index is 0.763. The van der Waals surface area contributed by atoms with Crippen molar-refractivity contribution in [1.82, 2.24) is 0 Å². The van der Waals surface area contributed by atoms with Crippen molar-refractivity contribution in [2.24, 2.45) is 0 Å². The summed E-state index contributed by atoms with van der Waals surface area (Å²) < 4.78 is 20.4. The second-order valence-electron chi connectivity index (χ2n) is 10.5. The molecule has 10 rings (SSSR count). The summed E-state index contributed by atoms with van der Waals surface area (Å²) in [5.74, 6) is 0. The molecule has 82 valence electrons. The van der Waals surface area contributed by atoms with E-state index in [1.165, 1.54) is 47.0 Å². The van der Waals surface area contributed by atoms with Crippen LogP contribution in [0.3, 0.4) is 0 Å². The average Bonchev–Trinajstić information content (AvgIpc) is 3.18. The second kappa shape index (κ2) is 0.404. The standard InChI is InChI=1S/C8H11O.C5H5.Ru/c1-2-7-9-8-5-3-4-6-8;1-2-4-5-3-1;/h3-6H,2,7H2,1H3;1-5H;. The monoisotopic (exact) mass is 290 g/mol. The van der Waals surface area contributed by atoms with E-state index < -0.39 is 7.72 Å². The van der Waals surface area contributed by atoms with Crippen LogP contribution in [0.15, 0.2) is 0 Å². The van der Waals surface area contributed by atoms with Crippen LogP contribution in [0.25, 0.3) is 0 Å². The van der Waals surface area contributed by atoms with Gasteiger partial charge in [0.1, 0.15) is 0 Å². The normalized spacial score (nSPS) is 134. The van der Waals surface area contributed by atoms with Gasteiger partial charge in [-0.25, -0.2) is 0 Å². The molecule has 0 aromatic rings. The summed E-state index contributed by atoms with van der Waals surface area (Å²) in [6.45, 7) is 3.42. The van der Waals surface area contributed by atoms with Crippen LogP contribution in [-0.4, -0.2) is 10.8 Å². The third-order valence-corrected chi connectivity index (χ3v) is 81.0. The fraction of sp³-hybridized carbons (Fsp3) is 1.00. The summed E-state index contributed by atoms with van der Waals surface area (Å²) in [4.78, 5) is 0. The zero-order chi connectivity index (χ0) is 9.13. The Kier molecular flexibility index (Phi) is 0.148. The summed E-state index contributed by atoms with van der Waals surface area (Å²) in [5, 5.41) is 0. The quantitative estimate of drug-likeness (QED) is 0.720. The van der Waals surface area contributed by atoms with Gasteiger partial charge in [-0.15, -0.1) is 0 Å². The van der Waals surface area contributed by atoms with Crippen molar-refractivity contribution < 1.29 is 12.5 Å². The molecule has 0 bridgehead atoms. The van der Waals surface area contributed by atoms with Crippen LogP contribution in [0.4, 0.5) is 0 Å². The summed E-state index contributed by atoms with van der Waals surface area (Å²) in [5.41, 5.74) is 0. The molecular formula is C13H16ORu. The van der Waals surface area contributed by atoms with Crippen molar-refractivity contribution in [3.05, 3.63) is 0 Å². The Balaban J connectivity index is 1.64.